The molecule has 0 aliphatic heterocycles. The van der Waals surface area contributed by atoms with E-state index in [2.05, 4.69) is 20.4 Å². The molecule has 0 saturated carbocycles. The summed E-state index contributed by atoms with van der Waals surface area (Å²) in [7, 11) is 3.19. The summed E-state index contributed by atoms with van der Waals surface area (Å²) >= 11 is 0. The Morgan fingerprint density at radius 2 is 2.10 bits per heavy atom. The summed E-state index contributed by atoms with van der Waals surface area (Å²) < 4.78 is 20.7. The summed E-state index contributed by atoms with van der Waals surface area (Å²) in [6, 6.07) is 9.51. The van der Waals surface area contributed by atoms with Crippen LogP contribution in [0.15, 0.2) is 48.8 Å². The molecule has 0 saturated heterocycles. The fourth-order valence-electron chi connectivity index (χ4n) is 3.04. The molecule has 146 valence electrons. The minimum Gasteiger partial charge on any atom is -0.494 e. The van der Waals surface area contributed by atoms with E-state index in [1.807, 2.05) is 25.2 Å². The Morgan fingerprint density at radius 3 is 2.86 bits per heavy atom. The lowest BCUT2D eigenvalue weighted by Gasteiger charge is -2.11. The number of halogens is 1. The minimum atomic E-state index is -0.990. The molecule has 4 rings (SSSR count). The number of anilines is 2. The maximum Gasteiger partial charge on any atom is 0.307 e. The number of nitro benzene ring substituents is 1. The van der Waals surface area contributed by atoms with Gasteiger partial charge in [-0.1, -0.05) is 12.1 Å². The van der Waals surface area contributed by atoms with Gasteiger partial charge in [0.2, 0.25) is 11.8 Å². The standard InChI is InChI=1S/C19H15FN6O3/c1-25-16-5-3-4-11(12(16)10-22-25)14-6-7-21-19(23-14)24-15-9-17(26(27)28)13(20)8-18(15)29-2/h3-10H,1-2H3,(H,21,23,24). The average Bonchev–Trinajstić information content (AvgIpc) is 3.10. The largest absolute Gasteiger partial charge is 0.494 e. The zero-order chi connectivity index (χ0) is 20.5. The van der Waals surface area contributed by atoms with Gasteiger partial charge in [0.05, 0.1) is 35.1 Å². The Balaban J connectivity index is 1.75. The molecule has 9 nitrogen and oxygen atoms in total. The second-order valence-corrected chi connectivity index (χ2v) is 6.16. The van der Waals surface area contributed by atoms with E-state index < -0.39 is 16.4 Å². The van der Waals surface area contributed by atoms with Crippen molar-refractivity contribution in [2.45, 2.75) is 0 Å². The number of benzene rings is 2. The highest BCUT2D eigenvalue weighted by molar-refractivity contribution is 5.93. The molecule has 0 aliphatic rings. The van der Waals surface area contributed by atoms with Gasteiger partial charge >= 0.3 is 5.69 Å². The van der Waals surface area contributed by atoms with Crippen LogP contribution in [0.3, 0.4) is 0 Å². The molecular formula is C19H15FN6O3. The highest BCUT2D eigenvalue weighted by Crippen LogP contribution is 2.34. The molecule has 2 heterocycles. The van der Waals surface area contributed by atoms with Crippen molar-refractivity contribution in [1.82, 2.24) is 19.7 Å². The van der Waals surface area contributed by atoms with Crippen molar-refractivity contribution in [3.63, 3.8) is 0 Å². The third-order valence-electron chi connectivity index (χ3n) is 4.44. The van der Waals surface area contributed by atoms with Gasteiger partial charge < -0.3 is 10.1 Å². The molecule has 0 spiro atoms. The molecule has 0 aliphatic carbocycles. The first-order chi connectivity index (χ1) is 14.0. The minimum absolute atomic E-state index is 0.0939. The first-order valence-electron chi connectivity index (χ1n) is 8.51. The molecule has 0 atom stereocenters. The number of aryl methyl sites for hydroxylation is 1. The summed E-state index contributed by atoms with van der Waals surface area (Å²) in [5.74, 6) is -0.714. The van der Waals surface area contributed by atoms with Crippen LogP contribution in [0.4, 0.5) is 21.7 Å². The van der Waals surface area contributed by atoms with Crippen molar-refractivity contribution in [3.05, 3.63) is 64.7 Å². The number of aromatic nitrogens is 4. The molecule has 10 heteroatoms. The number of hydrogen-bond donors (Lipinski definition) is 1. The number of nitro groups is 1. The van der Waals surface area contributed by atoms with E-state index in [4.69, 9.17) is 4.74 Å². The zero-order valence-corrected chi connectivity index (χ0v) is 15.5. The first kappa shape index (κ1) is 18.3. The van der Waals surface area contributed by atoms with Gasteiger partial charge in [-0.25, -0.2) is 9.97 Å². The lowest BCUT2D eigenvalue weighted by molar-refractivity contribution is -0.387. The van der Waals surface area contributed by atoms with E-state index >= 15 is 0 Å². The highest BCUT2D eigenvalue weighted by Gasteiger charge is 2.20. The molecule has 2 aromatic heterocycles. The fraction of sp³-hybridized carbons (Fsp3) is 0.105. The van der Waals surface area contributed by atoms with Crippen molar-refractivity contribution in [2.24, 2.45) is 7.05 Å². The number of nitrogens with one attached hydrogen (secondary N) is 1. The number of fused-ring (bicyclic) bond motifs is 1. The molecular weight excluding hydrogens is 379 g/mol. The van der Waals surface area contributed by atoms with Crippen LogP contribution in [0.25, 0.3) is 22.2 Å². The first-order valence-corrected chi connectivity index (χ1v) is 8.51. The number of rotatable bonds is 5. The van der Waals surface area contributed by atoms with Gasteiger partial charge in [-0.05, 0) is 12.1 Å². The van der Waals surface area contributed by atoms with Crippen molar-refractivity contribution in [3.8, 4) is 17.0 Å². The Kier molecular flexibility index (Phi) is 4.51. The van der Waals surface area contributed by atoms with Crippen molar-refractivity contribution < 1.29 is 14.1 Å². The predicted octanol–water partition coefficient (Wildman–Crippen LogP) is 3.83. The second-order valence-electron chi connectivity index (χ2n) is 6.16. The SMILES string of the molecule is COc1cc(F)c([N+](=O)[O-])cc1Nc1nccc(-c2cccc3c2cnn3C)n1. The van der Waals surface area contributed by atoms with E-state index in [1.54, 1.807) is 23.1 Å². The highest BCUT2D eigenvalue weighted by atomic mass is 19.1. The zero-order valence-electron chi connectivity index (χ0n) is 15.5. The molecule has 29 heavy (non-hydrogen) atoms. The van der Waals surface area contributed by atoms with Crippen molar-refractivity contribution in [1.29, 1.82) is 0 Å². The summed E-state index contributed by atoms with van der Waals surface area (Å²) in [6.07, 6.45) is 3.32. The predicted molar refractivity (Wildman–Crippen MR) is 105 cm³/mol. The molecule has 2 aromatic carbocycles. The van der Waals surface area contributed by atoms with Crippen LogP contribution in [0.1, 0.15) is 0 Å². The maximum atomic E-state index is 13.9. The molecule has 0 unspecified atom stereocenters. The monoisotopic (exact) mass is 394 g/mol. The van der Waals surface area contributed by atoms with Gasteiger partial charge in [-0.2, -0.15) is 9.49 Å². The van der Waals surface area contributed by atoms with Crippen LogP contribution < -0.4 is 10.1 Å². The van der Waals surface area contributed by atoms with Gasteiger partial charge in [0.15, 0.2) is 0 Å². The maximum absolute atomic E-state index is 13.9. The Labute approximate surface area is 163 Å². The Morgan fingerprint density at radius 1 is 1.28 bits per heavy atom. The number of ether oxygens (including phenoxy) is 1. The van der Waals surface area contributed by atoms with Gasteiger partial charge in [0.1, 0.15) is 5.75 Å². The van der Waals surface area contributed by atoms with Crippen LogP contribution >= 0.6 is 0 Å². The molecule has 0 amide bonds. The molecule has 4 aromatic rings. The fourth-order valence-corrected chi connectivity index (χ4v) is 3.04. The van der Waals surface area contributed by atoms with Gasteiger partial charge in [-0.3, -0.25) is 14.8 Å². The lowest BCUT2D eigenvalue weighted by Crippen LogP contribution is -2.02. The van der Waals surface area contributed by atoms with Gasteiger partial charge in [-0.15, -0.1) is 0 Å². The molecule has 0 radical (unpaired) electrons. The molecule has 0 fully saturated rings. The van der Waals surface area contributed by atoms with E-state index in [0.29, 0.717) is 5.69 Å². The third kappa shape index (κ3) is 3.31. The van der Waals surface area contributed by atoms with E-state index in [0.717, 1.165) is 28.6 Å². The Hall–Kier alpha value is -4.08. The van der Waals surface area contributed by atoms with Crippen LogP contribution in [-0.4, -0.2) is 31.8 Å². The Bertz CT molecular complexity index is 1240. The van der Waals surface area contributed by atoms with Crippen LogP contribution in [-0.2, 0) is 7.05 Å². The van der Waals surface area contributed by atoms with E-state index in [1.165, 1.54) is 7.11 Å². The van der Waals surface area contributed by atoms with Gasteiger partial charge in [0.25, 0.3) is 0 Å². The van der Waals surface area contributed by atoms with E-state index in [9.17, 15) is 14.5 Å². The second kappa shape index (κ2) is 7.15. The van der Waals surface area contributed by atoms with Crippen molar-refractivity contribution >= 4 is 28.2 Å². The van der Waals surface area contributed by atoms with Crippen LogP contribution in [0.2, 0.25) is 0 Å². The lowest BCUT2D eigenvalue weighted by atomic mass is 10.1. The van der Waals surface area contributed by atoms with Gasteiger partial charge in [0, 0.05) is 36.3 Å². The average molecular weight is 394 g/mol. The van der Waals surface area contributed by atoms with Crippen LogP contribution in [0.5, 0.6) is 5.75 Å². The topological polar surface area (TPSA) is 108 Å². The van der Waals surface area contributed by atoms with Crippen LogP contribution in [0, 0.1) is 15.9 Å². The van der Waals surface area contributed by atoms with Crippen molar-refractivity contribution in [2.75, 3.05) is 12.4 Å². The smallest absolute Gasteiger partial charge is 0.307 e. The molecule has 0 bridgehead atoms. The number of nitrogens with zero attached hydrogens (tertiary/aromatic N) is 5. The summed E-state index contributed by atoms with van der Waals surface area (Å²) in [6.45, 7) is 0. The third-order valence-corrected chi connectivity index (χ3v) is 4.44. The quantitative estimate of drug-likeness (QED) is 0.405. The normalized spacial score (nSPS) is 10.9. The molecule has 1 N–H and O–H groups in total. The number of methoxy groups -OCH3 is 1. The summed E-state index contributed by atoms with van der Waals surface area (Å²) in [5, 5.41) is 19.1. The number of hydrogen-bond acceptors (Lipinski definition) is 7. The van der Waals surface area contributed by atoms with E-state index in [-0.39, 0.29) is 17.4 Å². The summed E-state index contributed by atoms with van der Waals surface area (Å²) in [4.78, 5) is 18.9. The summed E-state index contributed by atoms with van der Waals surface area (Å²) in [5.41, 5.74) is 1.95.